The molecule has 4 nitrogen and oxygen atoms in total. The summed E-state index contributed by atoms with van der Waals surface area (Å²) in [5.41, 5.74) is -1.60. The zero-order valence-corrected chi connectivity index (χ0v) is 10.6. The first-order valence-electron chi connectivity index (χ1n) is 5.65. The van der Waals surface area contributed by atoms with E-state index in [1.54, 1.807) is 0 Å². The van der Waals surface area contributed by atoms with Gasteiger partial charge in [0.25, 0.3) is 0 Å². The zero-order chi connectivity index (χ0) is 15.6. The number of rotatable bonds is 3. The van der Waals surface area contributed by atoms with Crippen LogP contribution in [0.5, 0.6) is 0 Å². The molecule has 0 aliphatic carbocycles. The molecule has 2 rings (SSSR count). The van der Waals surface area contributed by atoms with E-state index >= 15 is 0 Å². The van der Waals surface area contributed by atoms with Crippen LogP contribution in [0.25, 0.3) is 0 Å². The van der Waals surface area contributed by atoms with Gasteiger partial charge >= 0.3 is 6.18 Å². The van der Waals surface area contributed by atoms with Gasteiger partial charge in [0.1, 0.15) is 5.82 Å². The molecule has 0 aliphatic heterocycles. The number of nitrogens with zero attached hydrogens (tertiary/aromatic N) is 2. The SMILES string of the molecule is CNc1ncc(F)c(Nc2cc(C(F)(F)F)ccc2F)n1. The summed E-state index contributed by atoms with van der Waals surface area (Å²) in [6, 6.07) is 1.77. The van der Waals surface area contributed by atoms with E-state index in [1.807, 2.05) is 0 Å². The average Bonchev–Trinajstić information content (AvgIpc) is 2.42. The summed E-state index contributed by atoms with van der Waals surface area (Å²) in [6.45, 7) is 0. The Kier molecular flexibility index (Phi) is 3.92. The Hall–Kier alpha value is -2.45. The van der Waals surface area contributed by atoms with Gasteiger partial charge in [0.05, 0.1) is 17.4 Å². The van der Waals surface area contributed by atoms with Gasteiger partial charge in [0.15, 0.2) is 11.6 Å². The van der Waals surface area contributed by atoms with Gasteiger partial charge in [-0.05, 0) is 18.2 Å². The van der Waals surface area contributed by atoms with Gasteiger partial charge in [-0.2, -0.15) is 18.2 Å². The Morgan fingerprint density at radius 3 is 2.43 bits per heavy atom. The van der Waals surface area contributed by atoms with Crippen molar-refractivity contribution < 1.29 is 22.0 Å². The van der Waals surface area contributed by atoms with Crippen molar-refractivity contribution in [3.8, 4) is 0 Å². The van der Waals surface area contributed by atoms with Crippen LogP contribution in [0.4, 0.5) is 39.4 Å². The lowest BCUT2D eigenvalue weighted by molar-refractivity contribution is -0.137. The molecule has 0 aliphatic rings. The molecule has 0 saturated heterocycles. The first-order valence-corrected chi connectivity index (χ1v) is 5.65. The van der Waals surface area contributed by atoms with Crippen molar-refractivity contribution in [2.75, 3.05) is 17.7 Å². The number of aromatic nitrogens is 2. The minimum Gasteiger partial charge on any atom is -0.357 e. The molecule has 0 fully saturated rings. The number of halogens is 5. The Morgan fingerprint density at radius 1 is 1.10 bits per heavy atom. The second kappa shape index (κ2) is 5.51. The van der Waals surface area contributed by atoms with Crippen molar-refractivity contribution in [2.24, 2.45) is 0 Å². The third-order valence-corrected chi connectivity index (χ3v) is 2.51. The lowest BCUT2D eigenvalue weighted by atomic mass is 10.2. The van der Waals surface area contributed by atoms with Gasteiger partial charge in [0, 0.05) is 7.05 Å². The maximum atomic E-state index is 13.5. The Balaban J connectivity index is 2.39. The highest BCUT2D eigenvalue weighted by atomic mass is 19.4. The van der Waals surface area contributed by atoms with E-state index in [4.69, 9.17) is 0 Å². The monoisotopic (exact) mass is 304 g/mol. The van der Waals surface area contributed by atoms with Crippen molar-refractivity contribution in [3.63, 3.8) is 0 Å². The van der Waals surface area contributed by atoms with Gasteiger partial charge < -0.3 is 10.6 Å². The Bertz CT molecular complexity index is 657. The van der Waals surface area contributed by atoms with E-state index in [9.17, 15) is 22.0 Å². The fourth-order valence-corrected chi connectivity index (χ4v) is 1.50. The molecule has 2 aromatic rings. The van der Waals surface area contributed by atoms with E-state index in [0.29, 0.717) is 18.2 Å². The van der Waals surface area contributed by atoms with Crippen LogP contribution in [0.3, 0.4) is 0 Å². The van der Waals surface area contributed by atoms with Crippen LogP contribution in [0.15, 0.2) is 24.4 Å². The molecule has 1 aromatic heterocycles. The smallest absolute Gasteiger partial charge is 0.357 e. The molecular weight excluding hydrogens is 295 g/mol. The van der Waals surface area contributed by atoms with E-state index < -0.39 is 34.9 Å². The van der Waals surface area contributed by atoms with Crippen LogP contribution < -0.4 is 10.6 Å². The zero-order valence-electron chi connectivity index (χ0n) is 10.6. The summed E-state index contributed by atoms with van der Waals surface area (Å²) < 4.78 is 64.8. The van der Waals surface area contributed by atoms with E-state index in [-0.39, 0.29) is 5.95 Å². The van der Waals surface area contributed by atoms with Crippen molar-refractivity contribution in [1.29, 1.82) is 0 Å². The van der Waals surface area contributed by atoms with E-state index in [2.05, 4.69) is 20.6 Å². The van der Waals surface area contributed by atoms with Crippen molar-refractivity contribution in [1.82, 2.24) is 9.97 Å². The standard InChI is InChI=1S/C12H9F5N4/c1-18-11-19-5-8(14)10(21-11)20-9-4-6(12(15,16)17)2-3-7(9)13/h2-5H,1H3,(H2,18,19,20,21). The first kappa shape index (κ1) is 14.9. The lowest BCUT2D eigenvalue weighted by Crippen LogP contribution is -2.08. The molecule has 0 unspecified atom stereocenters. The topological polar surface area (TPSA) is 49.8 Å². The van der Waals surface area contributed by atoms with Crippen molar-refractivity contribution in [3.05, 3.63) is 41.6 Å². The van der Waals surface area contributed by atoms with Gasteiger partial charge in [-0.15, -0.1) is 0 Å². The molecular formula is C12H9F5N4. The number of hydrogen-bond acceptors (Lipinski definition) is 4. The van der Waals surface area contributed by atoms with Crippen molar-refractivity contribution in [2.45, 2.75) is 6.18 Å². The molecule has 0 atom stereocenters. The fraction of sp³-hybridized carbons (Fsp3) is 0.167. The summed E-state index contributed by atoms with van der Waals surface area (Å²) in [5.74, 6) is -2.29. The molecule has 9 heteroatoms. The fourth-order valence-electron chi connectivity index (χ4n) is 1.50. The molecule has 1 aromatic carbocycles. The van der Waals surface area contributed by atoms with Crippen LogP contribution in [-0.2, 0) is 6.18 Å². The van der Waals surface area contributed by atoms with Gasteiger partial charge in [-0.3, -0.25) is 0 Å². The Morgan fingerprint density at radius 2 is 1.81 bits per heavy atom. The molecule has 2 N–H and O–H groups in total. The second-order valence-electron chi connectivity index (χ2n) is 3.96. The molecule has 0 amide bonds. The molecule has 112 valence electrons. The molecule has 0 bridgehead atoms. The van der Waals surface area contributed by atoms with Gasteiger partial charge in [-0.1, -0.05) is 0 Å². The van der Waals surface area contributed by atoms with Crippen LogP contribution in [0, 0.1) is 11.6 Å². The van der Waals surface area contributed by atoms with Crippen LogP contribution in [0.1, 0.15) is 5.56 Å². The third kappa shape index (κ3) is 3.36. The highest BCUT2D eigenvalue weighted by molar-refractivity contribution is 5.59. The van der Waals surface area contributed by atoms with Crippen LogP contribution in [0.2, 0.25) is 0 Å². The summed E-state index contributed by atoms with van der Waals surface area (Å²) in [6.07, 6.45) is -3.82. The quantitative estimate of drug-likeness (QED) is 0.851. The minimum atomic E-state index is -4.63. The highest BCUT2D eigenvalue weighted by Crippen LogP contribution is 2.32. The third-order valence-electron chi connectivity index (χ3n) is 2.51. The molecule has 0 spiro atoms. The normalized spacial score (nSPS) is 11.3. The average molecular weight is 304 g/mol. The summed E-state index contributed by atoms with van der Waals surface area (Å²) in [7, 11) is 1.47. The lowest BCUT2D eigenvalue weighted by Gasteiger charge is -2.12. The number of alkyl halides is 3. The maximum Gasteiger partial charge on any atom is 0.416 e. The largest absolute Gasteiger partial charge is 0.416 e. The summed E-state index contributed by atoms with van der Waals surface area (Å²) in [5, 5.41) is 4.71. The van der Waals surface area contributed by atoms with Crippen LogP contribution >= 0.6 is 0 Å². The van der Waals surface area contributed by atoms with E-state index in [0.717, 1.165) is 6.20 Å². The predicted molar refractivity (Wildman–Crippen MR) is 66.2 cm³/mol. The molecule has 1 heterocycles. The van der Waals surface area contributed by atoms with Gasteiger partial charge in [-0.25, -0.2) is 13.8 Å². The van der Waals surface area contributed by atoms with Gasteiger partial charge in [0.2, 0.25) is 5.95 Å². The van der Waals surface area contributed by atoms with Crippen molar-refractivity contribution >= 4 is 17.5 Å². The summed E-state index contributed by atoms with van der Waals surface area (Å²) >= 11 is 0. The van der Waals surface area contributed by atoms with E-state index in [1.165, 1.54) is 7.05 Å². The Labute approximate surface area is 116 Å². The number of benzene rings is 1. The van der Waals surface area contributed by atoms with Crippen LogP contribution in [-0.4, -0.2) is 17.0 Å². The highest BCUT2D eigenvalue weighted by Gasteiger charge is 2.31. The first-order chi connectivity index (χ1) is 9.81. The summed E-state index contributed by atoms with van der Waals surface area (Å²) in [4.78, 5) is 7.23. The second-order valence-corrected chi connectivity index (χ2v) is 3.96. The number of anilines is 3. The molecule has 0 radical (unpaired) electrons. The maximum absolute atomic E-state index is 13.5. The minimum absolute atomic E-state index is 0.0336. The number of hydrogen-bond donors (Lipinski definition) is 2. The predicted octanol–water partition coefficient (Wildman–Crippen LogP) is 3.56. The number of nitrogens with one attached hydrogen (secondary N) is 2. The molecule has 0 saturated carbocycles. The molecule has 21 heavy (non-hydrogen) atoms.